The fraction of sp³-hybridized carbons (Fsp3) is 0.163. The molecule has 0 unspecified atom stereocenters. The Morgan fingerprint density at radius 2 is 1.32 bits per heavy atom. The number of aromatic nitrogens is 2. The van der Waals surface area contributed by atoms with E-state index in [0.29, 0.717) is 17.4 Å². The zero-order chi connectivity index (χ0) is 37.8. The molecule has 0 radical (unpaired) electrons. The third-order valence-electron chi connectivity index (χ3n) is 10.4. The standard InChI is InChI=1S/C49H42N5O.Pt/c1-32(2)42-26-33(3)30-51-48(42)53-31-52(44-20-11-12-21-45(44)53)35-14-13-15-36(28-35)55-37-22-23-41-39-17-8-7-16-38(39)40-18-9-10-19-43(40)54(46(41)29-37)47-27-34(24-25-50-47)49(4,5)6;/h7-27,30-32H,1-6H3;/q-3;. The minimum absolute atomic E-state index is 0. The molecule has 56 heavy (non-hydrogen) atoms. The van der Waals surface area contributed by atoms with Crippen molar-refractivity contribution in [1.29, 1.82) is 0 Å². The molecule has 2 aliphatic rings. The van der Waals surface area contributed by atoms with Gasteiger partial charge in [-0.15, -0.1) is 48.3 Å². The van der Waals surface area contributed by atoms with Gasteiger partial charge in [-0.25, -0.2) is 9.97 Å². The molecule has 0 aliphatic carbocycles. The number of nitrogens with zero attached hydrogens (tertiary/aromatic N) is 5. The minimum atomic E-state index is -0.0535. The Labute approximate surface area is 344 Å². The SMILES string of the molecule is Cc1cnc(N2[CH-]N(c3[c-]c(Oc4[c-]c5c(cc4)-c4ccccc4-c4ccccc4N5c4cc(C(C)(C)C)ccn4)ccc3)c3ccccc32)c(C(C)C)c1.[Pt]. The first kappa shape index (κ1) is 37.2. The summed E-state index contributed by atoms with van der Waals surface area (Å²) in [5, 5.41) is 0. The fourth-order valence-electron chi connectivity index (χ4n) is 7.57. The fourth-order valence-corrected chi connectivity index (χ4v) is 7.57. The number of hydrogen-bond donors (Lipinski definition) is 0. The second-order valence-electron chi connectivity index (χ2n) is 15.6. The Balaban J connectivity index is 0.00000441. The first-order valence-corrected chi connectivity index (χ1v) is 18.8. The maximum Gasteiger partial charge on any atom is 0.135 e. The number of aryl methyl sites for hydroxylation is 1. The third-order valence-corrected chi connectivity index (χ3v) is 10.4. The minimum Gasteiger partial charge on any atom is -0.509 e. The molecule has 9 rings (SSSR count). The number of para-hydroxylation sites is 3. The zero-order valence-electron chi connectivity index (χ0n) is 32.3. The molecule has 0 fully saturated rings. The van der Waals surface area contributed by atoms with Crippen molar-refractivity contribution < 1.29 is 25.8 Å². The molecule has 5 aromatic carbocycles. The molecule has 0 saturated heterocycles. The first-order chi connectivity index (χ1) is 26.6. The number of fused-ring (bicyclic) bond motifs is 6. The predicted molar refractivity (Wildman–Crippen MR) is 224 cm³/mol. The van der Waals surface area contributed by atoms with E-state index in [1.54, 1.807) is 0 Å². The van der Waals surface area contributed by atoms with Crippen LogP contribution in [0.5, 0.6) is 11.5 Å². The molecule has 4 heterocycles. The van der Waals surface area contributed by atoms with Crippen LogP contribution in [0.15, 0.2) is 134 Å². The van der Waals surface area contributed by atoms with Gasteiger partial charge in [-0.3, -0.25) is 0 Å². The van der Waals surface area contributed by atoms with Crippen molar-refractivity contribution in [3.8, 4) is 33.8 Å². The summed E-state index contributed by atoms with van der Waals surface area (Å²) >= 11 is 0. The Morgan fingerprint density at radius 1 is 0.661 bits per heavy atom. The maximum atomic E-state index is 6.66. The molecule has 0 N–H and O–H groups in total. The molecular weight excluding hydrogens is 870 g/mol. The summed E-state index contributed by atoms with van der Waals surface area (Å²) in [6, 6.07) is 49.4. The molecule has 2 aliphatic heterocycles. The molecule has 0 saturated carbocycles. The van der Waals surface area contributed by atoms with E-state index in [9.17, 15) is 0 Å². The van der Waals surface area contributed by atoms with Crippen LogP contribution in [0, 0.1) is 25.7 Å². The van der Waals surface area contributed by atoms with Crippen molar-refractivity contribution in [3.63, 3.8) is 0 Å². The van der Waals surface area contributed by atoms with Crippen LogP contribution in [0.2, 0.25) is 0 Å². The predicted octanol–water partition coefficient (Wildman–Crippen LogP) is 13.1. The zero-order valence-corrected chi connectivity index (χ0v) is 34.6. The quantitative estimate of drug-likeness (QED) is 0.155. The van der Waals surface area contributed by atoms with Gasteiger partial charge in [0.1, 0.15) is 11.6 Å². The van der Waals surface area contributed by atoms with E-state index in [-0.39, 0.29) is 26.5 Å². The Kier molecular flexibility index (Phi) is 9.80. The smallest absolute Gasteiger partial charge is 0.135 e. The van der Waals surface area contributed by atoms with Crippen molar-refractivity contribution in [3.05, 3.63) is 169 Å². The molecule has 282 valence electrons. The van der Waals surface area contributed by atoms with E-state index in [4.69, 9.17) is 14.7 Å². The molecule has 7 heteroatoms. The van der Waals surface area contributed by atoms with Gasteiger partial charge in [0.05, 0.1) is 5.69 Å². The number of rotatable bonds is 6. The maximum absolute atomic E-state index is 6.66. The average molecular weight is 912 g/mol. The normalized spacial score (nSPS) is 13.0. The van der Waals surface area contributed by atoms with E-state index >= 15 is 0 Å². The number of hydrogen-bond acceptors (Lipinski definition) is 6. The number of pyridine rings is 2. The molecule has 6 nitrogen and oxygen atoms in total. The Morgan fingerprint density at radius 3 is 2.05 bits per heavy atom. The van der Waals surface area contributed by atoms with Crippen LogP contribution in [0.3, 0.4) is 0 Å². The van der Waals surface area contributed by atoms with Crippen LogP contribution in [0.4, 0.5) is 40.1 Å². The van der Waals surface area contributed by atoms with Crippen molar-refractivity contribution in [2.24, 2.45) is 0 Å². The van der Waals surface area contributed by atoms with Gasteiger partial charge < -0.3 is 19.4 Å². The first-order valence-electron chi connectivity index (χ1n) is 18.8. The summed E-state index contributed by atoms with van der Waals surface area (Å²) in [7, 11) is 0. The second-order valence-corrected chi connectivity index (χ2v) is 15.6. The Hall–Kier alpha value is -5.71. The molecule has 0 bridgehead atoms. The van der Waals surface area contributed by atoms with Gasteiger partial charge in [0.2, 0.25) is 0 Å². The van der Waals surface area contributed by atoms with Gasteiger partial charge >= 0.3 is 0 Å². The third kappa shape index (κ3) is 6.66. The largest absolute Gasteiger partial charge is 0.509 e. The van der Waals surface area contributed by atoms with E-state index in [1.165, 1.54) is 11.1 Å². The summed E-state index contributed by atoms with van der Waals surface area (Å²) < 4.78 is 6.66. The van der Waals surface area contributed by atoms with Gasteiger partial charge in [-0.2, -0.15) is 12.1 Å². The van der Waals surface area contributed by atoms with Gasteiger partial charge in [-0.05, 0) is 70.8 Å². The van der Waals surface area contributed by atoms with Crippen molar-refractivity contribution in [1.82, 2.24) is 9.97 Å². The Bertz CT molecular complexity index is 2580. The van der Waals surface area contributed by atoms with Crippen LogP contribution in [-0.4, -0.2) is 9.97 Å². The molecule has 0 spiro atoms. The van der Waals surface area contributed by atoms with Crippen LogP contribution in [-0.2, 0) is 26.5 Å². The monoisotopic (exact) mass is 911 g/mol. The average Bonchev–Trinajstić information content (AvgIpc) is 3.52. The molecule has 0 atom stereocenters. The van der Waals surface area contributed by atoms with Crippen molar-refractivity contribution >= 4 is 40.1 Å². The van der Waals surface area contributed by atoms with Crippen LogP contribution >= 0.6 is 0 Å². The van der Waals surface area contributed by atoms with Crippen LogP contribution < -0.4 is 19.4 Å². The van der Waals surface area contributed by atoms with Crippen LogP contribution in [0.25, 0.3) is 22.3 Å². The van der Waals surface area contributed by atoms with Gasteiger partial charge in [0.15, 0.2) is 0 Å². The molecular formula is C49H42N5OPt-3. The number of benzene rings is 5. The van der Waals surface area contributed by atoms with Gasteiger partial charge in [-0.1, -0.05) is 107 Å². The van der Waals surface area contributed by atoms with E-state index in [0.717, 1.165) is 67.9 Å². The molecule has 2 aromatic heterocycles. The van der Waals surface area contributed by atoms with E-state index < -0.39 is 0 Å². The van der Waals surface area contributed by atoms with E-state index in [2.05, 4.69) is 178 Å². The summed E-state index contributed by atoms with van der Waals surface area (Å²) in [5.74, 6) is 3.24. The number of ether oxygens (including phenoxy) is 1. The summed E-state index contributed by atoms with van der Waals surface area (Å²) in [6.07, 6.45) is 3.85. The number of anilines is 7. The van der Waals surface area contributed by atoms with Crippen molar-refractivity contribution in [2.75, 3.05) is 14.7 Å². The van der Waals surface area contributed by atoms with Gasteiger partial charge in [0, 0.05) is 61.9 Å². The summed E-state index contributed by atoms with van der Waals surface area (Å²) in [5.41, 5.74) is 12.8. The van der Waals surface area contributed by atoms with E-state index in [1.807, 2.05) is 30.6 Å². The second kappa shape index (κ2) is 14.7. The van der Waals surface area contributed by atoms with Crippen LogP contribution in [0.1, 0.15) is 57.2 Å². The summed E-state index contributed by atoms with van der Waals surface area (Å²) in [6.45, 7) is 15.3. The topological polar surface area (TPSA) is 44.7 Å². The molecule has 0 amide bonds. The molecule has 7 aromatic rings. The van der Waals surface area contributed by atoms with Crippen molar-refractivity contribution in [2.45, 2.75) is 52.9 Å². The summed E-state index contributed by atoms with van der Waals surface area (Å²) in [4.78, 5) is 16.4. The van der Waals surface area contributed by atoms with Gasteiger partial charge in [0.25, 0.3) is 0 Å².